The Balaban J connectivity index is 2.11. The van der Waals surface area contributed by atoms with Gasteiger partial charge in [0.15, 0.2) is 0 Å². The molecule has 0 radical (unpaired) electrons. The third-order valence-corrected chi connectivity index (χ3v) is 4.65. The summed E-state index contributed by atoms with van der Waals surface area (Å²) in [5.74, 6) is -0.713. The van der Waals surface area contributed by atoms with E-state index in [1.54, 1.807) is 42.5 Å². The van der Waals surface area contributed by atoms with Gasteiger partial charge in [0.2, 0.25) is 21.8 Å². The number of hydrogen-bond donors (Lipinski definition) is 2. The fraction of sp³-hybridized carbons (Fsp3) is 0.176. The summed E-state index contributed by atoms with van der Waals surface area (Å²) in [6.07, 6.45) is 1.02. The number of carbonyl (C=O) groups excluding carboxylic acids is 2. The molecule has 9 heteroatoms. The summed E-state index contributed by atoms with van der Waals surface area (Å²) in [4.78, 5) is 23.3. The van der Waals surface area contributed by atoms with Crippen molar-refractivity contribution in [2.24, 2.45) is 0 Å². The molecule has 0 unspecified atom stereocenters. The van der Waals surface area contributed by atoms with Crippen LogP contribution in [0.15, 0.2) is 48.5 Å². The Kier molecular flexibility index (Phi) is 6.23. The van der Waals surface area contributed by atoms with Crippen molar-refractivity contribution in [2.45, 2.75) is 6.92 Å². The molecule has 0 aromatic heterocycles. The van der Waals surface area contributed by atoms with E-state index in [1.165, 1.54) is 13.0 Å². The Morgan fingerprint density at radius 3 is 2.12 bits per heavy atom. The molecular weight excluding hydrogens is 378 g/mol. The Labute approximate surface area is 157 Å². The van der Waals surface area contributed by atoms with Gasteiger partial charge in [0, 0.05) is 23.3 Å². The van der Waals surface area contributed by atoms with Gasteiger partial charge in [-0.05, 0) is 42.5 Å². The largest absolute Gasteiger partial charge is 0.326 e. The molecule has 0 spiro atoms. The molecule has 2 aromatic rings. The number of nitrogens with one attached hydrogen (secondary N) is 2. The Hall–Kier alpha value is -2.58. The first-order chi connectivity index (χ1) is 12.1. The first kappa shape index (κ1) is 19.7. The van der Waals surface area contributed by atoms with Crippen LogP contribution in [-0.2, 0) is 19.6 Å². The topological polar surface area (TPSA) is 95.6 Å². The van der Waals surface area contributed by atoms with Gasteiger partial charge in [-0.2, -0.15) is 0 Å². The SMILES string of the molecule is CC(=O)Nc1ccc(NC(=O)CN(c2cccc(Cl)c2)S(C)(=O)=O)cc1. The summed E-state index contributed by atoms with van der Waals surface area (Å²) >= 11 is 5.90. The highest BCUT2D eigenvalue weighted by Crippen LogP contribution is 2.22. The van der Waals surface area contributed by atoms with E-state index >= 15 is 0 Å². The van der Waals surface area contributed by atoms with Gasteiger partial charge in [0.1, 0.15) is 6.54 Å². The zero-order valence-electron chi connectivity index (χ0n) is 14.2. The summed E-state index contributed by atoms with van der Waals surface area (Å²) < 4.78 is 25.1. The minimum Gasteiger partial charge on any atom is -0.326 e. The molecule has 0 aliphatic carbocycles. The fourth-order valence-electron chi connectivity index (χ4n) is 2.20. The summed E-state index contributed by atoms with van der Waals surface area (Å²) in [7, 11) is -3.68. The molecule has 0 aliphatic heterocycles. The lowest BCUT2D eigenvalue weighted by Gasteiger charge is -2.22. The lowest BCUT2D eigenvalue weighted by Crippen LogP contribution is -2.37. The number of amides is 2. The van der Waals surface area contributed by atoms with Crippen LogP contribution in [-0.4, -0.2) is 33.0 Å². The summed E-state index contributed by atoms with van der Waals surface area (Å²) in [6.45, 7) is 0.998. The van der Waals surface area contributed by atoms with Gasteiger partial charge in [-0.1, -0.05) is 17.7 Å². The van der Waals surface area contributed by atoms with Crippen LogP contribution in [0.25, 0.3) is 0 Å². The lowest BCUT2D eigenvalue weighted by molar-refractivity contribution is -0.115. The average Bonchev–Trinajstić information content (AvgIpc) is 2.53. The molecule has 0 fully saturated rings. The second-order valence-corrected chi connectivity index (χ2v) is 7.90. The number of rotatable bonds is 6. The van der Waals surface area contributed by atoms with Crippen molar-refractivity contribution in [2.75, 3.05) is 27.7 Å². The van der Waals surface area contributed by atoms with E-state index in [0.717, 1.165) is 10.6 Å². The van der Waals surface area contributed by atoms with Gasteiger partial charge < -0.3 is 10.6 Å². The van der Waals surface area contributed by atoms with Gasteiger partial charge >= 0.3 is 0 Å². The van der Waals surface area contributed by atoms with Crippen molar-refractivity contribution in [3.63, 3.8) is 0 Å². The van der Waals surface area contributed by atoms with E-state index in [2.05, 4.69) is 10.6 Å². The molecule has 138 valence electrons. The van der Waals surface area contributed by atoms with Crippen molar-refractivity contribution in [3.05, 3.63) is 53.6 Å². The number of carbonyl (C=O) groups is 2. The number of nitrogens with zero attached hydrogens (tertiary/aromatic N) is 1. The third kappa shape index (κ3) is 5.75. The van der Waals surface area contributed by atoms with Gasteiger partial charge in [-0.15, -0.1) is 0 Å². The van der Waals surface area contributed by atoms with E-state index in [1.807, 2.05) is 0 Å². The maximum atomic E-state index is 12.3. The van der Waals surface area contributed by atoms with Gasteiger partial charge in [-0.25, -0.2) is 8.42 Å². The van der Waals surface area contributed by atoms with E-state index in [-0.39, 0.29) is 5.91 Å². The fourth-order valence-corrected chi connectivity index (χ4v) is 3.24. The van der Waals surface area contributed by atoms with Gasteiger partial charge in [0.25, 0.3) is 0 Å². The average molecular weight is 396 g/mol. The maximum Gasteiger partial charge on any atom is 0.245 e. The highest BCUT2D eigenvalue weighted by molar-refractivity contribution is 7.92. The molecule has 0 atom stereocenters. The number of sulfonamides is 1. The standard InChI is InChI=1S/C17H18ClN3O4S/c1-12(22)19-14-6-8-15(9-7-14)20-17(23)11-21(26(2,24)25)16-5-3-4-13(18)10-16/h3-10H,11H2,1-2H3,(H,19,22)(H,20,23). The molecule has 0 bridgehead atoms. The molecule has 2 aromatic carbocycles. The van der Waals surface area contributed by atoms with E-state index in [4.69, 9.17) is 11.6 Å². The number of halogens is 1. The monoisotopic (exact) mass is 395 g/mol. The third-order valence-electron chi connectivity index (χ3n) is 3.27. The van der Waals surface area contributed by atoms with Crippen LogP contribution in [0.2, 0.25) is 5.02 Å². The van der Waals surface area contributed by atoms with Crippen molar-refractivity contribution in [3.8, 4) is 0 Å². The molecule has 0 saturated heterocycles. The lowest BCUT2D eigenvalue weighted by atomic mass is 10.2. The zero-order chi connectivity index (χ0) is 19.3. The molecule has 0 aliphatic rings. The van der Waals surface area contributed by atoms with Crippen LogP contribution in [0.5, 0.6) is 0 Å². The Bertz CT molecular complexity index is 914. The maximum absolute atomic E-state index is 12.3. The number of anilines is 3. The molecule has 0 heterocycles. The minimum absolute atomic E-state index is 0.202. The molecule has 26 heavy (non-hydrogen) atoms. The van der Waals surface area contributed by atoms with E-state index in [9.17, 15) is 18.0 Å². The summed E-state index contributed by atoms with van der Waals surface area (Å²) in [5.41, 5.74) is 1.37. The predicted octanol–water partition coefficient (Wildman–Crippen LogP) is 2.70. The molecule has 2 N–H and O–H groups in total. The molecule has 0 saturated carbocycles. The Morgan fingerprint density at radius 1 is 1.04 bits per heavy atom. The van der Waals surface area contributed by atoms with Crippen LogP contribution in [0.1, 0.15) is 6.92 Å². The highest BCUT2D eigenvalue weighted by Gasteiger charge is 2.21. The first-order valence-electron chi connectivity index (χ1n) is 7.56. The molecule has 2 rings (SSSR count). The van der Waals surface area contributed by atoms with E-state index in [0.29, 0.717) is 22.1 Å². The van der Waals surface area contributed by atoms with E-state index < -0.39 is 22.5 Å². The Morgan fingerprint density at radius 2 is 1.62 bits per heavy atom. The predicted molar refractivity (Wildman–Crippen MR) is 103 cm³/mol. The van der Waals surface area contributed by atoms with Gasteiger partial charge in [0.05, 0.1) is 11.9 Å². The highest BCUT2D eigenvalue weighted by atomic mass is 35.5. The zero-order valence-corrected chi connectivity index (χ0v) is 15.8. The minimum atomic E-state index is -3.68. The second-order valence-electron chi connectivity index (χ2n) is 5.56. The van der Waals surface area contributed by atoms with Gasteiger partial charge in [-0.3, -0.25) is 13.9 Å². The summed E-state index contributed by atoms with van der Waals surface area (Å²) in [6, 6.07) is 12.7. The first-order valence-corrected chi connectivity index (χ1v) is 9.78. The van der Waals surface area contributed by atoms with Crippen LogP contribution in [0.3, 0.4) is 0 Å². The quantitative estimate of drug-likeness (QED) is 0.786. The van der Waals surface area contributed by atoms with Crippen LogP contribution < -0.4 is 14.9 Å². The molecule has 2 amide bonds. The number of hydrogen-bond acceptors (Lipinski definition) is 4. The van der Waals surface area contributed by atoms with Crippen molar-refractivity contribution in [1.29, 1.82) is 0 Å². The number of benzene rings is 2. The van der Waals surface area contributed by atoms with Crippen molar-refractivity contribution < 1.29 is 18.0 Å². The molecular formula is C17H18ClN3O4S. The smallest absolute Gasteiger partial charge is 0.245 e. The normalized spacial score (nSPS) is 10.9. The molecule has 7 nitrogen and oxygen atoms in total. The van der Waals surface area contributed by atoms with Crippen LogP contribution in [0, 0.1) is 0 Å². The van der Waals surface area contributed by atoms with Crippen molar-refractivity contribution >= 4 is 50.5 Å². The summed E-state index contributed by atoms with van der Waals surface area (Å²) in [5, 5.41) is 5.60. The van der Waals surface area contributed by atoms with Crippen molar-refractivity contribution in [1.82, 2.24) is 0 Å². The van der Waals surface area contributed by atoms with Crippen LogP contribution in [0.4, 0.5) is 17.1 Å². The second kappa shape index (κ2) is 8.20. The van der Waals surface area contributed by atoms with Crippen LogP contribution >= 0.6 is 11.6 Å².